The molecule has 0 spiro atoms. The first-order valence-electron chi connectivity index (χ1n) is 6.74. The quantitative estimate of drug-likeness (QED) is 0.899. The van der Waals surface area contributed by atoms with Gasteiger partial charge in [-0.25, -0.2) is 0 Å². The lowest BCUT2D eigenvalue weighted by Crippen LogP contribution is -2.29. The Morgan fingerprint density at radius 3 is 2.62 bits per heavy atom. The minimum absolute atomic E-state index is 0.0107. The van der Waals surface area contributed by atoms with Crippen LogP contribution in [0.3, 0.4) is 0 Å². The van der Waals surface area contributed by atoms with Crippen molar-refractivity contribution < 1.29 is 4.79 Å². The third kappa shape index (κ3) is 4.84. The van der Waals surface area contributed by atoms with Crippen LogP contribution in [0, 0.1) is 13.8 Å². The molecule has 3 nitrogen and oxygen atoms in total. The predicted molar refractivity (Wildman–Crippen MR) is 90.2 cm³/mol. The lowest BCUT2D eigenvalue weighted by atomic mass is 10.1. The van der Waals surface area contributed by atoms with Crippen LogP contribution in [0.5, 0.6) is 0 Å². The van der Waals surface area contributed by atoms with Crippen LogP contribution >= 0.6 is 22.9 Å². The summed E-state index contributed by atoms with van der Waals surface area (Å²) in [6.45, 7) is 5.17. The standard InChI is InChI=1S/C16H19ClN2OS/c1-11-4-5-13(8-12(11)2)18-16(20)10-19(3)9-14-6-7-15(17)21-14/h4-8H,9-10H2,1-3H3,(H,18,20). The fraction of sp³-hybridized carbons (Fsp3) is 0.312. The molecule has 112 valence electrons. The molecule has 1 amide bonds. The number of hydrogen-bond acceptors (Lipinski definition) is 3. The molecule has 0 aliphatic rings. The first-order valence-corrected chi connectivity index (χ1v) is 7.93. The van der Waals surface area contributed by atoms with Gasteiger partial charge in [0.25, 0.3) is 0 Å². The Hall–Kier alpha value is -1.36. The molecule has 1 aromatic heterocycles. The van der Waals surface area contributed by atoms with E-state index in [1.165, 1.54) is 11.1 Å². The fourth-order valence-corrected chi connectivity index (χ4v) is 3.19. The van der Waals surface area contributed by atoms with Gasteiger partial charge >= 0.3 is 0 Å². The number of carbonyl (C=O) groups is 1. The molecule has 0 radical (unpaired) electrons. The second kappa shape index (κ2) is 7.07. The van der Waals surface area contributed by atoms with E-state index < -0.39 is 0 Å². The van der Waals surface area contributed by atoms with Gasteiger partial charge in [-0.2, -0.15) is 0 Å². The van der Waals surface area contributed by atoms with E-state index in [4.69, 9.17) is 11.6 Å². The Kier molecular flexibility index (Phi) is 5.39. The van der Waals surface area contributed by atoms with Gasteiger partial charge in [0.15, 0.2) is 0 Å². The minimum Gasteiger partial charge on any atom is -0.325 e. The van der Waals surface area contributed by atoms with Crippen molar-refractivity contribution in [2.45, 2.75) is 20.4 Å². The Labute approximate surface area is 134 Å². The molecule has 1 aromatic carbocycles. The number of halogens is 1. The SMILES string of the molecule is Cc1ccc(NC(=O)CN(C)Cc2ccc(Cl)s2)cc1C. The van der Waals surface area contributed by atoms with Crippen LogP contribution < -0.4 is 5.32 Å². The monoisotopic (exact) mass is 322 g/mol. The van der Waals surface area contributed by atoms with Crippen LogP contribution in [0.4, 0.5) is 5.69 Å². The number of carbonyl (C=O) groups excluding carboxylic acids is 1. The zero-order valence-corrected chi connectivity index (χ0v) is 14.0. The van der Waals surface area contributed by atoms with E-state index in [0.717, 1.165) is 21.4 Å². The summed E-state index contributed by atoms with van der Waals surface area (Å²) in [5, 5.41) is 2.93. The van der Waals surface area contributed by atoms with Gasteiger partial charge in [-0.05, 0) is 56.3 Å². The van der Waals surface area contributed by atoms with Gasteiger partial charge in [0.1, 0.15) is 0 Å². The number of nitrogens with one attached hydrogen (secondary N) is 1. The number of amides is 1. The van der Waals surface area contributed by atoms with Crippen molar-refractivity contribution in [2.75, 3.05) is 18.9 Å². The first-order chi connectivity index (χ1) is 9.94. The summed E-state index contributed by atoms with van der Waals surface area (Å²) >= 11 is 7.45. The summed E-state index contributed by atoms with van der Waals surface area (Å²) in [5.74, 6) is -0.0107. The average Bonchev–Trinajstić information content (AvgIpc) is 2.79. The van der Waals surface area contributed by atoms with Crippen LogP contribution in [0.25, 0.3) is 0 Å². The van der Waals surface area contributed by atoms with Crippen LogP contribution in [0.2, 0.25) is 4.34 Å². The Morgan fingerprint density at radius 2 is 2.00 bits per heavy atom. The number of aryl methyl sites for hydroxylation is 2. The molecule has 0 aliphatic carbocycles. The Balaban J connectivity index is 1.87. The molecule has 21 heavy (non-hydrogen) atoms. The molecule has 0 unspecified atom stereocenters. The maximum atomic E-state index is 12.0. The molecule has 1 heterocycles. The van der Waals surface area contributed by atoms with Crippen molar-refractivity contribution in [2.24, 2.45) is 0 Å². The third-order valence-corrected chi connectivity index (χ3v) is 4.47. The van der Waals surface area contributed by atoms with E-state index in [9.17, 15) is 4.79 Å². The highest BCUT2D eigenvalue weighted by molar-refractivity contribution is 7.16. The van der Waals surface area contributed by atoms with Crippen LogP contribution in [-0.2, 0) is 11.3 Å². The highest BCUT2D eigenvalue weighted by atomic mass is 35.5. The normalized spacial score (nSPS) is 10.9. The molecular formula is C16H19ClN2OS. The minimum atomic E-state index is -0.0107. The van der Waals surface area contributed by atoms with E-state index in [-0.39, 0.29) is 5.91 Å². The van der Waals surface area contributed by atoms with E-state index in [1.54, 1.807) is 11.3 Å². The van der Waals surface area contributed by atoms with Crippen LogP contribution in [-0.4, -0.2) is 24.4 Å². The molecular weight excluding hydrogens is 304 g/mol. The van der Waals surface area contributed by atoms with Crippen molar-refractivity contribution in [3.63, 3.8) is 0 Å². The van der Waals surface area contributed by atoms with Gasteiger partial charge in [0.2, 0.25) is 5.91 Å². The summed E-state index contributed by atoms with van der Waals surface area (Å²) < 4.78 is 0.776. The Morgan fingerprint density at radius 1 is 1.24 bits per heavy atom. The van der Waals surface area contributed by atoms with Gasteiger partial charge in [-0.1, -0.05) is 17.7 Å². The molecule has 0 saturated carbocycles. The van der Waals surface area contributed by atoms with E-state index in [1.807, 2.05) is 49.2 Å². The second-order valence-corrected chi connectivity index (χ2v) is 7.02. The van der Waals surface area contributed by atoms with Gasteiger partial charge in [-0.15, -0.1) is 11.3 Å². The van der Waals surface area contributed by atoms with Crippen LogP contribution in [0.1, 0.15) is 16.0 Å². The molecule has 0 atom stereocenters. The van der Waals surface area contributed by atoms with Crippen molar-refractivity contribution in [1.82, 2.24) is 4.90 Å². The fourth-order valence-electron chi connectivity index (χ4n) is 2.02. The maximum Gasteiger partial charge on any atom is 0.238 e. The van der Waals surface area contributed by atoms with Gasteiger partial charge in [0.05, 0.1) is 10.9 Å². The summed E-state index contributed by atoms with van der Waals surface area (Å²) in [7, 11) is 1.92. The highest BCUT2D eigenvalue weighted by Gasteiger charge is 2.09. The summed E-state index contributed by atoms with van der Waals surface area (Å²) in [5.41, 5.74) is 3.24. The maximum absolute atomic E-state index is 12.0. The van der Waals surface area contributed by atoms with Gasteiger partial charge in [0, 0.05) is 17.1 Å². The lowest BCUT2D eigenvalue weighted by molar-refractivity contribution is -0.117. The van der Waals surface area contributed by atoms with Crippen LogP contribution in [0.15, 0.2) is 30.3 Å². The largest absolute Gasteiger partial charge is 0.325 e. The van der Waals surface area contributed by atoms with E-state index in [0.29, 0.717) is 6.54 Å². The number of thiophene rings is 1. The first kappa shape index (κ1) is 16.0. The summed E-state index contributed by atoms with van der Waals surface area (Å²) in [4.78, 5) is 15.2. The highest BCUT2D eigenvalue weighted by Crippen LogP contribution is 2.22. The average molecular weight is 323 g/mol. The Bertz CT molecular complexity index is 639. The molecule has 0 saturated heterocycles. The third-order valence-electron chi connectivity index (χ3n) is 3.26. The van der Waals surface area contributed by atoms with Crippen molar-refractivity contribution in [3.05, 3.63) is 50.7 Å². The van der Waals surface area contributed by atoms with Crippen molar-refractivity contribution in [3.8, 4) is 0 Å². The predicted octanol–water partition coefficient (Wildman–Crippen LogP) is 4.09. The zero-order valence-electron chi connectivity index (χ0n) is 12.4. The smallest absolute Gasteiger partial charge is 0.238 e. The second-order valence-electron chi connectivity index (χ2n) is 5.23. The topological polar surface area (TPSA) is 32.3 Å². The molecule has 2 rings (SSSR count). The summed E-state index contributed by atoms with van der Waals surface area (Å²) in [6.07, 6.45) is 0. The zero-order chi connectivity index (χ0) is 15.4. The number of nitrogens with zero attached hydrogens (tertiary/aromatic N) is 1. The number of benzene rings is 1. The van der Waals surface area contributed by atoms with Gasteiger partial charge < -0.3 is 5.32 Å². The number of hydrogen-bond donors (Lipinski definition) is 1. The number of anilines is 1. The lowest BCUT2D eigenvalue weighted by Gasteiger charge is -2.15. The van der Waals surface area contributed by atoms with Crippen molar-refractivity contribution >= 4 is 34.5 Å². The molecule has 5 heteroatoms. The molecule has 0 fully saturated rings. The molecule has 1 N–H and O–H groups in total. The van der Waals surface area contributed by atoms with Gasteiger partial charge in [-0.3, -0.25) is 9.69 Å². The summed E-state index contributed by atoms with van der Waals surface area (Å²) in [6, 6.07) is 9.81. The van der Waals surface area contributed by atoms with E-state index in [2.05, 4.69) is 12.2 Å². The van der Waals surface area contributed by atoms with Crippen molar-refractivity contribution in [1.29, 1.82) is 0 Å². The molecule has 0 aliphatic heterocycles. The van der Waals surface area contributed by atoms with E-state index >= 15 is 0 Å². The number of rotatable bonds is 5. The number of likely N-dealkylation sites (N-methyl/N-ethyl adjacent to an activating group) is 1. The molecule has 0 bridgehead atoms. The molecule has 2 aromatic rings.